The van der Waals surface area contributed by atoms with Gasteiger partial charge in [0, 0.05) is 18.3 Å². The molecule has 0 aliphatic carbocycles. The second-order valence-electron chi connectivity index (χ2n) is 7.46. The van der Waals surface area contributed by atoms with Gasteiger partial charge in [0.05, 0.1) is 25.6 Å². The van der Waals surface area contributed by atoms with Crippen molar-refractivity contribution >= 4 is 23.7 Å². The Bertz CT molecular complexity index is 954. The number of nitrogens with one attached hydrogen (secondary N) is 4. The van der Waals surface area contributed by atoms with E-state index in [0.717, 1.165) is 5.56 Å². The van der Waals surface area contributed by atoms with Crippen molar-refractivity contribution in [3.63, 3.8) is 0 Å². The average Bonchev–Trinajstić information content (AvgIpc) is 3.33. The highest BCUT2D eigenvalue weighted by molar-refractivity contribution is 5.94. The minimum Gasteiger partial charge on any atom is -0.480 e. The number of nitrogens with zero attached hydrogens (tertiary/aromatic N) is 1. The van der Waals surface area contributed by atoms with Gasteiger partial charge in [0.15, 0.2) is 0 Å². The van der Waals surface area contributed by atoms with E-state index in [9.17, 15) is 34.5 Å². The number of aliphatic hydroxyl groups is 2. The van der Waals surface area contributed by atoms with Crippen LogP contribution in [0.5, 0.6) is 0 Å². The number of benzene rings is 1. The second-order valence-corrected chi connectivity index (χ2v) is 7.46. The van der Waals surface area contributed by atoms with Crippen molar-refractivity contribution < 1.29 is 34.5 Å². The molecule has 3 amide bonds. The van der Waals surface area contributed by atoms with Gasteiger partial charge in [-0.05, 0) is 12.0 Å². The number of hydrogen-bond acceptors (Lipinski definition) is 8. The topological polar surface area (TPSA) is 220 Å². The normalized spacial score (nSPS) is 14.3. The molecule has 0 saturated carbocycles. The number of aliphatic carboxylic acids is 1. The summed E-state index contributed by atoms with van der Waals surface area (Å²) in [6.45, 7) is -1.65. The van der Waals surface area contributed by atoms with E-state index < -0.39 is 61.1 Å². The zero-order valence-electron chi connectivity index (χ0n) is 18.2. The summed E-state index contributed by atoms with van der Waals surface area (Å²) in [5.41, 5.74) is 7.13. The predicted octanol–water partition coefficient (Wildman–Crippen LogP) is -2.95. The average molecular weight is 476 g/mol. The number of aliphatic hydroxyl groups excluding tert-OH is 2. The van der Waals surface area contributed by atoms with E-state index in [2.05, 4.69) is 25.9 Å². The lowest BCUT2D eigenvalue weighted by Crippen LogP contribution is -2.59. The summed E-state index contributed by atoms with van der Waals surface area (Å²) >= 11 is 0. The van der Waals surface area contributed by atoms with Gasteiger partial charge in [-0.1, -0.05) is 30.3 Å². The molecule has 1 heterocycles. The Morgan fingerprint density at radius 2 is 1.44 bits per heavy atom. The van der Waals surface area contributed by atoms with Crippen molar-refractivity contribution in [3.05, 3.63) is 54.1 Å². The molecule has 9 N–H and O–H groups in total. The summed E-state index contributed by atoms with van der Waals surface area (Å²) in [5.74, 6) is -3.96. The van der Waals surface area contributed by atoms with Crippen molar-refractivity contribution in [2.24, 2.45) is 5.73 Å². The smallest absolute Gasteiger partial charge is 0.326 e. The quantitative estimate of drug-likeness (QED) is 0.148. The molecule has 0 saturated heterocycles. The maximum atomic E-state index is 12.5. The number of carbonyl (C=O) groups is 4. The van der Waals surface area contributed by atoms with Crippen LogP contribution in [0.15, 0.2) is 42.9 Å². The van der Waals surface area contributed by atoms with Crippen LogP contribution in [0.3, 0.4) is 0 Å². The summed E-state index contributed by atoms with van der Waals surface area (Å²) < 4.78 is 0. The molecule has 13 nitrogen and oxygen atoms in total. The first-order valence-corrected chi connectivity index (χ1v) is 10.4. The largest absolute Gasteiger partial charge is 0.480 e. The highest BCUT2D eigenvalue weighted by Gasteiger charge is 2.30. The fourth-order valence-electron chi connectivity index (χ4n) is 2.99. The first-order chi connectivity index (χ1) is 16.2. The number of aromatic amines is 1. The number of carbonyl (C=O) groups excluding carboxylic acids is 3. The molecule has 34 heavy (non-hydrogen) atoms. The van der Waals surface area contributed by atoms with Crippen molar-refractivity contribution in [1.82, 2.24) is 25.9 Å². The predicted molar refractivity (Wildman–Crippen MR) is 118 cm³/mol. The summed E-state index contributed by atoms with van der Waals surface area (Å²) in [4.78, 5) is 55.3. The van der Waals surface area contributed by atoms with Crippen LogP contribution in [0, 0.1) is 0 Å². The number of rotatable bonds is 13. The van der Waals surface area contributed by atoms with Crippen LogP contribution < -0.4 is 21.7 Å². The van der Waals surface area contributed by atoms with Gasteiger partial charge >= 0.3 is 5.97 Å². The van der Waals surface area contributed by atoms with Crippen molar-refractivity contribution in [2.75, 3.05) is 13.2 Å². The molecule has 2 rings (SSSR count). The fourth-order valence-corrected chi connectivity index (χ4v) is 2.99. The molecule has 0 aliphatic heterocycles. The molecule has 1 aromatic heterocycles. The van der Waals surface area contributed by atoms with Gasteiger partial charge in [0.2, 0.25) is 17.7 Å². The monoisotopic (exact) mass is 476 g/mol. The zero-order valence-corrected chi connectivity index (χ0v) is 18.2. The molecule has 4 unspecified atom stereocenters. The second kappa shape index (κ2) is 13.0. The molecule has 0 spiro atoms. The van der Waals surface area contributed by atoms with Crippen LogP contribution in [-0.2, 0) is 32.0 Å². The first kappa shape index (κ1) is 26.4. The minimum absolute atomic E-state index is 0.109. The van der Waals surface area contributed by atoms with E-state index in [1.54, 1.807) is 24.3 Å². The van der Waals surface area contributed by atoms with E-state index in [-0.39, 0.29) is 12.8 Å². The maximum Gasteiger partial charge on any atom is 0.326 e. The van der Waals surface area contributed by atoms with Gasteiger partial charge in [-0.3, -0.25) is 14.4 Å². The number of H-pyrrole nitrogens is 1. The zero-order chi connectivity index (χ0) is 25.1. The Kier molecular flexibility index (Phi) is 10.1. The minimum atomic E-state index is -1.53. The van der Waals surface area contributed by atoms with Crippen LogP contribution >= 0.6 is 0 Å². The highest BCUT2D eigenvalue weighted by Crippen LogP contribution is 2.03. The van der Waals surface area contributed by atoms with Gasteiger partial charge in [0.1, 0.15) is 18.1 Å². The fraction of sp³-hybridized carbons (Fsp3) is 0.381. The third-order valence-corrected chi connectivity index (χ3v) is 4.86. The number of carboxylic acids is 1. The van der Waals surface area contributed by atoms with Crippen LogP contribution in [0.25, 0.3) is 0 Å². The summed E-state index contributed by atoms with van der Waals surface area (Å²) in [5, 5.41) is 35.1. The van der Waals surface area contributed by atoms with Crippen LogP contribution in [0.1, 0.15) is 11.3 Å². The SMILES string of the molecule is NC(Cc1ccccc1)C(=O)NC(CO)C(=O)NC(CO)C(=O)NC(Cc1cnc[nH]1)C(=O)O. The summed E-state index contributed by atoms with van der Waals surface area (Å²) in [6.07, 6.45) is 2.83. The van der Waals surface area contributed by atoms with E-state index in [1.165, 1.54) is 12.5 Å². The lowest BCUT2D eigenvalue weighted by molar-refractivity contribution is -0.142. The Labute approximate surface area is 194 Å². The van der Waals surface area contributed by atoms with Crippen LogP contribution in [0.2, 0.25) is 0 Å². The van der Waals surface area contributed by atoms with Crippen molar-refractivity contribution in [2.45, 2.75) is 37.0 Å². The molecular formula is C21H28N6O7. The Morgan fingerprint density at radius 1 is 0.882 bits per heavy atom. The van der Waals surface area contributed by atoms with Crippen LogP contribution in [0.4, 0.5) is 0 Å². The molecule has 0 radical (unpaired) electrons. The molecule has 1 aromatic carbocycles. The first-order valence-electron chi connectivity index (χ1n) is 10.4. The molecule has 184 valence electrons. The van der Waals surface area contributed by atoms with Gasteiger partial charge in [-0.2, -0.15) is 0 Å². The highest BCUT2D eigenvalue weighted by atomic mass is 16.4. The van der Waals surface area contributed by atoms with E-state index in [4.69, 9.17) is 5.73 Å². The van der Waals surface area contributed by atoms with Gasteiger partial charge in [0.25, 0.3) is 0 Å². The Hall–Kier alpha value is -3.81. The summed E-state index contributed by atoms with van der Waals surface area (Å²) in [6, 6.07) is 3.61. The van der Waals surface area contributed by atoms with E-state index in [1.807, 2.05) is 6.07 Å². The molecule has 0 aliphatic rings. The Balaban J connectivity index is 1.94. The third-order valence-electron chi connectivity index (χ3n) is 4.86. The van der Waals surface area contributed by atoms with E-state index in [0.29, 0.717) is 5.69 Å². The van der Waals surface area contributed by atoms with E-state index >= 15 is 0 Å². The molecule has 13 heteroatoms. The lowest BCUT2D eigenvalue weighted by Gasteiger charge is -2.23. The molecule has 4 atom stereocenters. The van der Waals surface area contributed by atoms with Gasteiger partial charge in [-0.15, -0.1) is 0 Å². The number of imidazole rings is 1. The van der Waals surface area contributed by atoms with Crippen molar-refractivity contribution in [3.8, 4) is 0 Å². The number of amides is 3. The molecule has 0 fully saturated rings. The number of hydrogen-bond donors (Lipinski definition) is 8. The van der Waals surface area contributed by atoms with Crippen LogP contribution in [-0.4, -0.2) is 86.4 Å². The number of aromatic nitrogens is 2. The Morgan fingerprint density at radius 3 is 1.94 bits per heavy atom. The number of carboxylic acid groups (broad SMARTS) is 1. The maximum absolute atomic E-state index is 12.5. The molecular weight excluding hydrogens is 448 g/mol. The molecule has 2 aromatic rings. The third kappa shape index (κ3) is 7.95. The van der Waals surface area contributed by atoms with Gasteiger partial charge < -0.3 is 42.0 Å². The standard InChI is InChI=1S/C21H28N6O7/c22-14(6-12-4-2-1-3-5-12)18(30)26-16(9-28)20(32)27-17(10-29)19(31)25-15(21(33)34)7-13-8-23-11-24-13/h1-5,8,11,14-17,28-29H,6-7,9-10,22H2,(H,23,24)(H,25,31)(H,26,30)(H,27,32)(H,33,34). The van der Waals surface area contributed by atoms with Crippen molar-refractivity contribution in [1.29, 1.82) is 0 Å². The molecule has 0 bridgehead atoms. The number of nitrogens with two attached hydrogens (primary N) is 1. The summed E-state index contributed by atoms with van der Waals surface area (Å²) in [7, 11) is 0. The lowest BCUT2D eigenvalue weighted by atomic mass is 10.1. The van der Waals surface area contributed by atoms with Gasteiger partial charge in [-0.25, -0.2) is 9.78 Å².